The lowest BCUT2D eigenvalue weighted by atomic mass is 9.93. The molecule has 0 bridgehead atoms. The standard InChI is InChI=1S/C31H25ClFN3O4/c1-2-7-24(17-8-4-3-5-9-17)36-30(38)18-12-13-19(21(14-18)31(39)40)28-20(10-6-11-22(28)32)29-34-25-15-23(33)27(37)16-26(25)35-29/h3-6,8-16,24,37H,2,7H2,1H3,(H,34,35)(H,36,38)(H,39,40)/t24-/m1/s1. The smallest absolute Gasteiger partial charge is 0.336 e. The second kappa shape index (κ2) is 11.2. The zero-order valence-electron chi connectivity index (χ0n) is 21.4. The van der Waals surface area contributed by atoms with Gasteiger partial charge in [-0.25, -0.2) is 14.2 Å². The summed E-state index contributed by atoms with van der Waals surface area (Å²) in [4.78, 5) is 33.1. The van der Waals surface area contributed by atoms with Crippen LogP contribution in [0.15, 0.2) is 78.9 Å². The van der Waals surface area contributed by atoms with Gasteiger partial charge >= 0.3 is 5.97 Å². The number of aromatic hydroxyl groups is 1. The molecule has 202 valence electrons. The average molecular weight is 558 g/mol. The van der Waals surface area contributed by atoms with Gasteiger partial charge in [0.1, 0.15) is 5.82 Å². The summed E-state index contributed by atoms with van der Waals surface area (Å²) in [6, 6.07) is 21.2. The Balaban J connectivity index is 1.56. The van der Waals surface area contributed by atoms with Crippen LogP contribution in [0, 0.1) is 5.82 Å². The molecule has 0 saturated heterocycles. The van der Waals surface area contributed by atoms with Crippen molar-refractivity contribution in [3.63, 3.8) is 0 Å². The van der Waals surface area contributed by atoms with E-state index in [1.165, 1.54) is 12.1 Å². The summed E-state index contributed by atoms with van der Waals surface area (Å²) in [5, 5.41) is 23.2. The highest BCUT2D eigenvalue weighted by atomic mass is 35.5. The van der Waals surface area contributed by atoms with E-state index in [1.807, 2.05) is 37.3 Å². The normalized spacial score (nSPS) is 11.9. The zero-order chi connectivity index (χ0) is 28.4. The first-order chi connectivity index (χ1) is 19.3. The maximum atomic E-state index is 13.9. The minimum absolute atomic E-state index is 0.117. The molecule has 0 fully saturated rings. The molecule has 0 unspecified atom stereocenters. The van der Waals surface area contributed by atoms with Gasteiger partial charge in [-0.3, -0.25) is 4.79 Å². The zero-order valence-corrected chi connectivity index (χ0v) is 22.2. The van der Waals surface area contributed by atoms with Crippen molar-refractivity contribution in [1.29, 1.82) is 0 Å². The van der Waals surface area contributed by atoms with Crippen molar-refractivity contribution in [2.24, 2.45) is 0 Å². The first-order valence-corrected chi connectivity index (χ1v) is 13.0. The summed E-state index contributed by atoms with van der Waals surface area (Å²) in [5.74, 6) is -2.66. The van der Waals surface area contributed by atoms with E-state index in [0.29, 0.717) is 28.0 Å². The van der Waals surface area contributed by atoms with Gasteiger partial charge in [-0.05, 0) is 35.7 Å². The first kappa shape index (κ1) is 26.9. The minimum atomic E-state index is -1.24. The van der Waals surface area contributed by atoms with E-state index in [4.69, 9.17) is 11.6 Å². The molecule has 1 aromatic heterocycles. The third-order valence-electron chi connectivity index (χ3n) is 6.69. The third kappa shape index (κ3) is 5.26. The first-order valence-electron chi connectivity index (χ1n) is 12.7. The van der Waals surface area contributed by atoms with Gasteiger partial charge in [-0.1, -0.05) is 73.5 Å². The van der Waals surface area contributed by atoms with Crippen LogP contribution in [-0.4, -0.2) is 32.1 Å². The molecule has 1 atom stereocenters. The molecule has 5 rings (SSSR count). The summed E-state index contributed by atoms with van der Waals surface area (Å²) in [5.41, 5.74) is 2.85. The number of phenols is 1. The predicted molar refractivity (Wildman–Crippen MR) is 152 cm³/mol. The van der Waals surface area contributed by atoms with Crippen LogP contribution in [0.25, 0.3) is 33.5 Å². The molecular weight excluding hydrogens is 533 g/mol. The fraction of sp³-hybridized carbons (Fsp3) is 0.129. The molecule has 5 aromatic rings. The van der Waals surface area contributed by atoms with Gasteiger partial charge in [0, 0.05) is 33.8 Å². The quantitative estimate of drug-likeness (QED) is 0.159. The third-order valence-corrected chi connectivity index (χ3v) is 7.00. The predicted octanol–water partition coefficient (Wildman–Crippen LogP) is 7.36. The number of benzene rings is 4. The number of aromatic carboxylic acids is 1. The Labute approximate surface area is 234 Å². The summed E-state index contributed by atoms with van der Waals surface area (Å²) < 4.78 is 13.9. The van der Waals surface area contributed by atoms with Crippen LogP contribution in [0.1, 0.15) is 52.1 Å². The van der Waals surface area contributed by atoms with Gasteiger partial charge in [-0.2, -0.15) is 0 Å². The van der Waals surface area contributed by atoms with Crippen LogP contribution in [0.4, 0.5) is 4.39 Å². The fourth-order valence-corrected chi connectivity index (χ4v) is 5.04. The summed E-state index contributed by atoms with van der Waals surface area (Å²) in [6.45, 7) is 2.03. The van der Waals surface area contributed by atoms with Crippen LogP contribution < -0.4 is 5.32 Å². The molecule has 0 aliphatic heterocycles. The molecule has 0 aliphatic carbocycles. The number of H-pyrrole nitrogens is 1. The number of aromatic amines is 1. The number of carboxylic acid groups (broad SMARTS) is 1. The maximum Gasteiger partial charge on any atom is 0.336 e. The van der Waals surface area contributed by atoms with Crippen molar-refractivity contribution in [2.45, 2.75) is 25.8 Å². The highest BCUT2D eigenvalue weighted by molar-refractivity contribution is 6.34. The van der Waals surface area contributed by atoms with Crippen LogP contribution in [-0.2, 0) is 0 Å². The fourth-order valence-electron chi connectivity index (χ4n) is 4.76. The van der Waals surface area contributed by atoms with Crippen molar-refractivity contribution in [3.05, 3.63) is 106 Å². The molecular formula is C31H25ClFN3O4. The Kier molecular flexibility index (Phi) is 7.53. The number of fused-ring (bicyclic) bond motifs is 1. The molecule has 0 saturated carbocycles. The number of phenolic OH excluding ortho intramolecular Hbond substituents is 1. The van der Waals surface area contributed by atoms with Gasteiger partial charge in [0.25, 0.3) is 5.91 Å². The van der Waals surface area contributed by atoms with E-state index >= 15 is 0 Å². The molecule has 1 heterocycles. The molecule has 40 heavy (non-hydrogen) atoms. The molecule has 0 spiro atoms. The van der Waals surface area contributed by atoms with Crippen molar-refractivity contribution >= 4 is 34.5 Å². The van der Waals surface area contributed by atoms with Crippen LogP contribution >= 0.6 is 11.6 Å². The Hall–Kier alpha value is -4.69. The molecule has 0 aliphatic rings. The van der Waals surface area contributed by atoms with E-state index in [-0.39, 0.29) is 27.8 Å². The average Bonchev–Trinajstić information content (AvgIpc) is 3.35. The number of rotatable bonds is 8. The Morgan fingerprint density at radius 2 is 1.80 bits per heavy atom. The lowest BCUT2D eigenvalue weighted by Gasteiger charge is -2.19. The van der Waals surface area contributed by atoms with Crippen molar-refractivity contribution in [2.75, 3.05) is 0 Å². The molecule has 4 aromatic carbocycles. The summed E-state index contributed by atoms with van der Waals surface area (Å²) in [7, 11) is 0. The van der Waals surface area contributed by atoms with E-state index in [1.54, 1.807) is 30.3 Å². The minimum Gasteiger partial charge on any atom is -0.505 e. The number of hydrogen-bond acceptors (Lipinski definition) is 4. The number of aromatic nitrogens is 2. The number of hydrogen-bond donors (Lipinski definition) is 4. The highest BCUT2D eigenvalue weighted by Gasteiger charge is 2.23. The molecule has 1 amide bonds. The molecule has 7 nitrogen and oxygen atoms in total. The van der Waals surface area contributed by atoms with Crippen molar-refractivity contribution in [1.82, 2.24) is 15.3 Å². The second-order valence-corrected chi connectivity index (χ2v) is 9.77. The van der Waals surface area contributed by atoms with Gasteiger partial charge in [0.05, 0.1) is 22.6 Å². The number of carbonyl (C=O) groups excluding carboxylic acids is 1. The Morgan fingerprint density at radius 3 is 2.52 bits per heavy atom. The molecule has 9 heteroatoms. The number of amides is 1. The van der Waals surface area contributed by atoms with Crippen molar-refractivity contribution < 1.29 is 24.2 Å². The van der Waals surface area contributed by atoms with Gasteiger partial charge < -0.3 is 20.5 Å². The lowest BCUT2D eigenvalue weighted by molar-refractivity contribution is 0.0697. The van der Waals surface area contributed by atoms with Crippen LogP contribution in [0.5, 0.6) is 5.75 Å². The Morgan fingerprint density at radius 1 is 1.02 bits per heavy atom. The van der Waals surface area contributed by atoms with Crippen LogP contribution in [0.2, 0.25) is 5.02 Å². The summed E-state index contributed by atoms with van der Waals surface area (Å²) in [6.07, 6.45) is 1.57. The Bertz CT molecular complexity index is 1700. The van der Waals surface area contributed by atoms with Gasteiger partial charge in [-0.15, -0.1) is 0 Å². The molecule has 4 N–H and O–H groups in total. The topological polar surface area (TPSA) is 115 Å². The number of imidazole rings is 1. The number of nitrogens with zero attached hydrogens (tertiary/aromatic N) is 1. The largest absolute Gasteiger partial charge is 0.505 e. The maximum absolute atomic E-state index is 13.9. The van der Waals surface area contributed by atoms with Crippen molar-refractivity contribution in [3.8, 4) is 28.3 Å². The van der Waals surface area contributed by atoms with Gasteiger partial charge in [0.15, 0.2) is 11.6 Å². The number of nitrogens with one attached hydrogen (secondary N) is 2. The number of halogens is 2. The molecule has 0 radical (unpaired) electrons. The van der Waals surface area contributed by atoms with E-state index in [2.05, 4.69) is 15.3 Å². The monoisotopic (exact) mass is 557 g/mol. The lowest BCUT2D eigenvalue weighted by Crippen LogP contribution is -2.28. The number of carbonyl (C=O) groups is 2. The second-order valence-electron chi connectivity index (χ2n) is 9.36. The highest BCUT2D eigenvalue weighted by Crippen LogP contribution is 2.39. The van der Waals surface area contributed by atoms with Crippen LogP contribution in [0.3, 0.4) is 0 Å². The van der Waals surface area contributed by atoms with E-state index in [0.717, 1.165) is 24.5 Å². The number of carboxylic acids is 1. The SMILES string of the molecule is CCC[C@@H](NC(=O)c1ccc(-c2c(Cl)cccc2-c2nc3cc(O)c(F)cc3[nH]2)c(C(=O)O)c1)c1ccccc1. The summed E-state index contributed by atoms with van der Waals surface area (Å²) >= 11 is 6.60. The van der Waals surface area contributed by atoms with E-state index in [9.17, 15) is 24.2 Å². The van der Waals surface area contributed by atoms with E-state index < -0.39 is 23.4 Å². The van der Waals surface area contributed by atoms with Gasteiger partial charge in [0.2, 0.25) is 0 Å².